The van der Waals surface area contributed by atoms with Crippen LogP contribution in [0.5, 0.6) is 0 Å². The second kappa shape index (κ2) is 6.27. The molecule has 0 saturated carbocycles. The van der Waals surface area contributed by atoms with Gasteiger partial charge in [0.15, 0.2) is 0 Å². The molecular formula is C19H20N4O2. The molecule has 4 rings (SSSR count). The molecule has 0 radical (unpaired) electrons. The van der Waals surface area contributed by atoms with Crippen LogP contribution >= 0.6 is 0 Å². The average molecular weight is 336 g/mol. The Hall–Kier alpha value is -2.76. The van der Waals surface area contributed by atoms with Gasteiger partial charge >= 0.3 is 0 Å². The van der Waals surface area contributed by atoms with E-state index < -0.39 is 5.41 Å². The molecule has 1 aromatic heterocycles. The van der Waals surface area contributed by atoms with Crippen molar-refractivity contribution in [3.8, 4) is 0 Å². The quantitative estimate of drug-likeness (QED) is 0.904. The van der Waals surface area contributed by atoms with E-state index in [1.807, 2.05) is 23.1 Å². The first-order chi connectivity index (χ1) is 12.2. The number of nitrogens with zero attached hydrogens (tertiary/aromatic N) is 3. The van der Waals surface area contributed by atoms with Gasteiger partial charge < -0.3 is 10.2 Å². The Morgan fingerprint density at radius 1 is 1.12 bits per heavy atom. The first-order valence-electron chi connectivity index (χ1n) is 8.60. The van der Waals surface area contributed by atoms with Crippen molar-refractivity contribution in [1.82, 2.24) is 20.4 Å². The number of benzene rings is 1. The molecule has 1 aromatic carbocycles. The highest BCUT2D eigenvalue weighted by Gasteiger charge is 2.52. The van der Waals surface area contributed by atoms with Crippen LogP contribution in [0.4, 0.5) is 0 Å². The van der Waals surface area contributed by atoms with E-state index in [0.717, 1.165) is 0 Å². The molecule has 2 aromatic rings. The highest BCUT2D eigenvalue weighted by atomic mass is 16.2. The summed E-state index contributed by atoms with van der Waals surface area (Å²) in [7, 11) is 0. The fraction of sp³-hybridized carbons (Fsp3) is 0.368. The number of rotatable bonds is 2. The molecule has 1 spiro atoms. The summed E-state index contributed by atoms with van der Waals surface area (Å²) in [6.07, 6.45) is 4.38. The first kappa shape index (κ1) is 15.7. The van der Waals surface area contributed by atoms with Crippen molar-refractivity contribution in [3.05, 3.63) is 59.9 Å². The summed E-state index contributed by atoms with van der Waals surface area (Å²) >= 11 is 0. The molecular weight excluding hydrogens is 316 g/mol. The summed E-state index contributed by atoms with van der Waals surface area (Å²) in [6, 6.07) is 11.9. The van der Waals surface area contributed by atoms with Crippen molar-refractivity contribution < 1.29 is 9.59 Å². The van der Waals surface area contributed by atoms with E-state index in [1.165, 1.54) is 18.0 Å². The summed E-state index contributed by atoms with van der Waals surface area (Å²) in [5.74, 6) is 0.250. The number of nitrogens with one attached hydrogen (secondary N) is 1. The lowest BCUT2D eigenvalue weighted by Gasteiger charge is -2.41. The van der Waals surface area contributed by atoms with Gasteiger partial charge in [-0.25, -0.2) is 0 Å². The molecule has 1 atom stereocenters. The van der Waals surface area contributed by atoms with E-state index in [-0.39, 0.29) is 17.7 Å². The maximum absolute atomic E-state index is 12.6. The largest absolute Gasteiger partial charge is 0.355 e. The minimum atomic E-state index is -0.408. The van der Waals surface area contributed by atoms with Crippen LogP contribution in [0.25, 0.3) is 0 Å². The number of hydrogen-bond donors (Lipinski definition) is 1. The van der Waals surface area contributed by atoms with Crippen molar-refractivity contribution in [1.29, 1.82) is 0 Å². The van der Waals surface area contributed by atoms with Crippen molar-refractivity contribution in [2.75, 3.05) is 19.6 Å². The molecule has 128 valence electrons. The molecule has 6 nitrogen and oxygen atoms in total. The third-order valence-electron chi connectivity index (χ3n) is 5.56. The van der Waals surface area contributed by atoms with Crippen molar-refractivity contribution in [2.45, 2.75) is 18.8 Å². The van der Waals surface area contributed by atoms with Crippen LogP contribution in [0, 0.1) is 5.41 Å². The van der Waals surface area contributed by atoms with Gasteiger partial charge in [-0.3, -0.25) is 9.59 Å². The van der Waals surface area contributed by atoms with Gasteiger partial charge in [0.2, 0.25) is 5.91 Å². The minimum Gasteiger partial charge on any atom is -0.355 e. The Labute approximate surface area is 146 Å². The number of carbonyl (C=O) groups excluding carboxylic acids is 2. The lowest BCUT2D eigenvalue weighted by molar-refractivity contribution is -0.130. The zero-order valence-electron chi connectivity index (χ0n) is 13.9. The maximum Gasteiger partial charge on any atom is 0.255 e. The Balaban J connectivity index is 1.53. The Bertz CT molecular complexity index is 771. The maximum atomic E-state index is 12.6. The minimum absolute atomic E-state index is 0.0422. The normalized spacial score (nSPS) is 22.0. The second-order valence-corrected chi connectivity index (χ2v) is 6.75. The smallest absolute Gasteiger partial charge is 0.255 e. The van der Waals surface area contributed by atoms with Crippen molar-refractivity contribution in [2.24, 2.45) is 5.41 Å². The van der Waals surface area contributed by atoms with E-state index in [1.54, 1.807) is 6.07 Å². The van der Waals surface area contributed by atoms with Crippen molar-refractivity contribution >= 4 is 11.8 Å². The van der Waals surface area contributed by atoms with E-state index >= 15 is 0 Å². The summed E-state index contributed by atoms with van der Waals surface area (Å²) in [5, 5.41) is 10.5. The number of likely N-dealkylation sites (tertiary alicyclic amines) is 1. The number of carbonyl (C=O) groups is 2. The molecule has 1 N–H and O–H groups in total. The van der Waals surface area contributed by atoms with Gasteiger partial charge in [0, 0.05) is 25.6 Å². The van der Waals surface area contributed by atoms with Gasteiger partial charge in [0.25, 0.3) is 5.91 Å². The topological polar surface area (TPSA) is 75.2 Å². The molecule has 2 fully saturated rings. The molecule has 0 aliphatic carbocycles. The van der Waals surface area contributed by atoms with E-state index in [2.05, 4.69) is 27.6 Å². The molecule has 2 aliphatic rings. The van der Waals surface area contributed by atoms with Gasteiger partial charge in [0.05, 0.1) is 23.4 Å². The second-order valence-electron chi connectivity index (χ2n) is 6.75. The van der Waals surface area contributed by atoms with Gasteiger partial charge in [0.1, 0.15) is 0 Å². The third kappa shape index (κ3) is 2.67. The highest BCUT2D eigenvalue weighted by molar-refractivity contribution is 5.94. The number of aromatic nitrogens is 2. The lowest BCUT2D eigenvalue weighted by atomic mass is 9.68. The molecule has 0 unspecified atom stereocenters. The number of piperidine rings is 1. The molecule has 25 heavy (non-hydrogen) atoms. The molecule has 2 saturated heterocycles. The summed E-state index contributed by atoms with van der Waals surface area (Å²) in [4.78, 5) is 27.1. The molecule has 3 heterocycles. The van der Waals surface area contributed by atoms with Crippen LogP contribution in [0.1, 0.15) is 34.7 Å². The van der Waals surface area contributed by atoms with Crippen molar-refractivity contribution in [3.63, 3.8) is 0 Å². The van der Waals surface area contributed by atoms with Crippen LogP contribution in [-0.2, 0) is 4.79 Å². The average Bonchev–Trinajstić information content (AvgIpc) is 2.99. The predicted octanol–water partition coefficient (Wildman–Crippen LogP) is 1.61. The van der Waals surface area contributed by atoms with Gasteiger partial charge in [-0.15, -0.1) is 0 Å². The zero-order valence-corrected chi connectivity index (χ0v) is 13.9. The summed E-state index contributed by atoms with van der Waals surface area (Å²) in [6.45, 7) is 1.83. The fourth-order valence-corrected chi connectivity index (χ4v) is 4.13. The molecule has 2 aliphatic heterocycles. The Morgan fingerprint density at radius 3 is 2.56 bits per heavy atom. The number of hydrogen-bond acceptors (Lipinski definition) is 4. The van der Waals surface area contributed by atoms with Crippen LogP contribution < -0.4 is 5.32 Å². The molecule has 0 bridgehead atoms. The Morgan fingerprint density at radius 2 is 1.88 bits per heavy atom. The monoisotopic (exact) mass is 336 g/mol. The molecule has 2 amide bonds. The summed E-state index contributed by atoms with van der Waals surface area (Å²) < 4.78 is 0. The van der Waals surface area contributed by atoms with Gasteiger partial charge in [-0.1, -0.05) is 30.3 Å². The summed E-state index contributed by atoms with van der Waals surface area (Å²) in [5.41, 5.74) is 1.33. The lowest BCUT2D eigenvalue weighted by Crippen LogP contribution is -2.47. The van der Waals surface area contributed by atoms with Crippen LogP contribution in [0.15, 0.2) is 48.8 Å². The van der Waals surface area contributed by atoms with E-state index in [0.29, 0.717) is 38.0 Å². The highest BCUT2D eigenvalue weighted by Crippen LogP contribution is 2.47. The van der Waals surface area contributed by atoms with Gasteiger partial charge in [-0.2, -0.15) is 10.2 Å². The SMILES string of the molecule is O=C(c1ccnnc1)N1CCC2(CC1)C(=O)NC[C@H]2c1ccccc1. The van der Waals surface area contributed by atoms with Crippen LogP contribution in [-0.4, -0.2) is 46.5 Å². The van der Waals surface area contributed by atoms with E-state index in [4.69, 9.17) is 0 Å². The van der Waals surface area contributed by atoms with E-state index in [9.17, 15) is 9.59 Å². The van der Waals surface area contributed by atoms with Crippen LogP contribution in [0.3, 0.4) is 0 Å². The predicted molar refractivity (Wildman–Crippen MR) is 91.8 cm³/mol. The Kier molecular flexibility index (Phi) is 3.95. The third-order valence-corrected chi connectivity index (χ3v) is 5.56. The van der Waals surface area contributed by atoms with Gasteiger partial charge in [-0.05, 0) is 24.5 Å². The van der Waals surface area contributed by atoms with Crippen LogP contribution in [0.2, 0.25) is 0 Å². The number of amides is 2. The fourth-order valence-electron chi connectivity index (χ4n) is 4.13. The standard InChI is InChI=1S/C19H20N4O2/c24-17(15-6-9-21-22-12-15)23-10-7-19(8-11-23)16(13-20-18(19)25)14-4-2-1-3-5-14/h1-6,9,12,16H,7-8,10-11,13H2,(H,20,25)/t16-/m0/s1. The zero-order chi connectivity index (χ0) is 17.3. The first-order valence-corrected chi connectivity index (χ1v) is 8.60. The molecule has 6 heteroatoms.